The third kappa shape index (κ3) is 2.56. The number of rotatable bonds is 4. The van der Waals surface area contributed by atoms with Gasteiger partial charge in [-0.25, -0.2) is 0 Å². The van der Waals surface area contributed by atoms with Gasteiger partial charge in [0.25, 0.3) is 0 Å². The summed E-state index contributed by atoms with van der Waals surface area (Å²) in [4.78, 5) is 0. The summed E-state index contributed by atoms with van der Waals surface area (Å²) in [6.45, 7) is 3.90. The second kappa shape index (κ2) is 6.10. The van der Waals surface area contributed by atoms with Gasteiger partial charge < -0.3 is 10.1 Å². The highest BCUT2D eigenvalue weighted by Crippen LogP contribution is 2.31. The summed E-state index contributed by atoms with van der Waals surface area (Å²) in [5.41, 5.74) is 1.30. The van der Waals surface area contributed by atoms with Crippen molar-refractivity contribution in [3.05, 3.63) is 59.9 Å². The van der Waals surface area contributed by atoms with E-state index in [0.717, 1.165) is 31.8 Å². The highest BCUT2D eigenvalue weighted by Gasteiger charge is 2.20. The number of nitrogens with one attached hydrogen (secondary N) is 1. The van der Waals surface area contributed by atoms with Gasteiger partial charge in [0, 0.05) is 0 Å². The molecule has 2 nitrogen and oxygen atoms in total. The van der Waals surface area contributed by atoms with Gasteiger partial charge in [0.2, 0.25) is 0 Å². The van der Waals surface area contributed by atoms with Crippen molar-refractivity contribution in [2.24, 2.45) is 0 Å². The minimum atomic E-state index is 0.159. The molecule has 0 fully saturated rings. The van der Waals surface area contributed by atoms with Crippen molar-refractivity contribution in [1.82, 2.24) is 5.32 Å². The monoisotopic (exact) mass is 267 g/mol. The van der Waals surface area contributed by atoms with Crippen LogP contribution in [0.3, 0.4) is 0 Å². The lowest BCUT2D eigenvalue weighted by molar-refractivity contribution is 0.168. The lowest BCUT2D eigenvalue weighted by atomic mass is 9.96. The Morgan fingerprint density at radius 3 is 2.80 bits per heavy atom. The molecular weight excluding hydrogens is 246 g/mol. The number of benzene rings is 2. The second-order valence-electron chi connectivity index (χ2n) is 5.16. The molecule has 0 aromatic heterocycles. The summed E-state index contributed by atoms with van der Waals surface area (Å²) in [6, 6.07) is 15.2. The predicted octanol–water partition coefficient (Wildman–Crippen LogP) is 4.18. The number of ether oxygens (including phenoxy) is 1. The molecule has 0 saturated carbocycles. The van der Waals surface area contributed by atoms with Crippen LogP contribution in [0.2, 0.25) is 0 Å². The first kappa shape index (κ1) is 13.2. The molecule has 104 valence electrons. The molecular formula is C18H21NO. The van der Waals surface area contributed by atoms with Crippen molar-refractivity contribution in [2.75, 3.05) is 13.2 Å². The zero-order valence-corrected chi connectivity index (χ0v) is 11.9. The van der Waals surface area contributed by atoms with Gasteiger partial charge in [0.05, 0.1) is 12.6 Å². The molecule has 1 heterocycles. The Morgan fingerprint density at radius 1 is 1.15 bits per heavy atom. The molecule has 1 aliphatic heterocycles. The predicted molar refractivity (Wildman–Crippen MR) is 83.6 cm³/mol. The van der Waals surface area contributed by atoms with E-state index in [1.165, 1.54) is 16.3 Å². The fourth-order valence-electron chi connectivity index (χ4n) is 2.85. The summed E-state index contributed by atoms with van der Waals surface area (Å²) >= 11 is 0. The largest absolute Gasteiger partial charge is 0.496 e. The van der Waals surface area contributed by atoms with Crippen LogP contribution in [0.1, 0.15) is 31.4 Å². The first-order valence-corrected chi connectivity index (χ1v) is 7.44. The topological polar surface area (TPSA) is 21.3 Å². The SMILES string of the molecule is CCNC(C1=CCCCO1)c1cccc2ccccc12. The molecule has 20 heavy (non-hydrogen) atoms. The fraction of sp³-hybridized carbons (Fsp3) is 0.333. The van der Waals surface area contributed by atoms with Crippen LogP contribution in [-0.4, -0.2) is 13.2 Å². The van der Waals surface area contributed by atoms with Crippen LogP contribution < -0.4 is 5.32 Å². The molecule has 2 aromatic rings. The van der Waals surface area contributed by atoms with E-state index >= 15 is 0 Å². The van der Waals surface area contributed by atoms with Gasteiger partial charge in [-0.15, -0.1) is 0 Å². The Labute approximate surface area is 120 Å². The van der Waals surface area contributed by atoms with Crippen LogP contribution >= 0.6 is 0 Å². The molecule has 0 aliphatic carbocycles. The van der Waals surface area contributed by atoms with Crippen LogP contribution in [-0.2, 0) is 4.74 Å². The average Bonchev–Trinajstić information content (AvgIpc) is 2.53. The molecule has 1 aliphatic rings. The Kier molecular flexibility index (Phi) is 4.03. The van der Waals surface area contributed by atoms with Crippen molar-refractivity contribution in [1.29, 1.82) is 0 Å². The average molecular weight is 267 g/mol. The molecule has 3 rings (SSSR count). The summed E-state index contributed by atoms with van der Waals surface area (Å²) in [7, 11) is 0. The standard InChI is InChI=1S/C18H21NO/c1-2-19-18(17-12-5-6-13-20-17)16-11-7-9-14-8-3-4-10-15(14)16/h3-4,7-12,18-19H,2,5-6,13H2,1H3. The molecule has 0 bridgehead atoms. The molecule has 2 aromatic carbocycles. The van der Waals surface area contributed by atoms with Crippen LogP contribution in [0, 0.1) is 0 Å². The van der Waals surface area contributed by atoms with Crippen LogP contribution in [0.4, 0.5) is 0 Å². The van der Waals surface area contributed by atoms with Gasteiger partial charge >= 0.3 is 0 Å². The Hall–Kier alpha value is -1.80. The lowest BCUT2D eigenvalue weighted by Gasteiger charge is -2.25. The van der Waals surface area contributed by atoms with Crippen LogP contribution in [0.25, 0.3) is 10.8 Å². The number of hydrogen-bond acceptors (Lipinski definition) is 2. The quantitative estimate of drug-likeness (QED) is 0.897. The zero-order chi connectivity index (χ0) is 13.8. The van der Waals surface area contributed by atoms with Gasteiger partial charge in [-0.05, 0) is 41.8 Å². The van der Waals surface area contributed by atoms with E-state index in [0.29, 0.717) is 0 Å². The molecule has 1 unspecified atom stereocenters. The third-order valence-corrected chi connectivity index (χ3v) is 3.79. The number of allylic oxidation sites excluding steroid dienone is 1. The second-order valence-corrected chi connectivity index (χ2v) is 5.16. The molecule has 0 spiro atoms. The smallest absolute Gasteiger partial charge is 0.113 e. The summed E-state index contributed by atoms with van der Waals surface area (Å²) < 4.78 is 5.89. The summed E-state index contributed by atoms with van der Waals surface area (Å²) in [6.07, 6.45) is 4.47. The van der Waals surface area contributed by atoms with Crippen molar-refractivity contribution >= 4 is 10.8 Å². The first-order chi connectivity index (χ1) is 9.90. The fourth-order valence-corrected chi connectivity index (χ4v) is 2.85. The third-order valence-electron chi connectivity index (χ3n) is 3.79. The van der Waals surface area contributed by atoms with E-state index in [1.54, 1.807) is 0 Å². The Balaban J connectivity index is 2.07. The minimum absolute atomic E-state index is 0.159. The van der Waals surface area contributed by atoms with Gasteiger partial charge in [0.15, 0.2) is 0 Å². The molecule has 2 heteroatoms. The van der Waals surface area contributed by atoms with Gasteiger partial charge in [-0.1, -0.05) is 49.4 Å². The van der Waals surface area contributed by atoms with E-state index in [-0.39, 0.29) is 6.04 Å². The highest BCUT2D eigenvalue weighted by molar-refractivity contribution is 5.86. The summed E-state index contributed by atoms with van der Waals surface area (Å²) in [5.74, 6) is 1.08. The van der Waals surface area contributed by atoms with E-state index in [4.69, 9.17) is 4.74 Å². The maximum absolute atomic E-state index is 5.89. The lowest BCUT2D eigenvalue weighted by Crippen LogP contribution is -2.25. The van der Waals surface area contributed by atoms with Crippen molar-refractivity contribution in [3.8, 4) is 0 Å². The molecule has 0 amide bonds. The molecule has 0 saturated heterocycles. The number of fused-ring (bicyclic) bond motifs is 1. The van der Waals surface area contributed by atoms with Gasteiger partial charge in [0.1, 0.15) is 5.76 Å². The van der Waals surface area contributed by atoms with Crippen molar-refractivity contribution < 1.29 is 4.74 Å². The molecule has 0 radical (unpaired) electrons. The minimum Gasteiger partial charge on any atom is -0.496 e. The maximum Gasteiger partial charge on any atom is 0.113 e. The van der Waals surface area contributed by atoms with Crippen molar-refractivity contribution in [3.63, 3.8) is 0 Å². The highest BCUT2D eigenvalue weighted by atomic mass is 16.5. The van der Waals surface area contributed by atoms with Crippen LogP contribution in [0.5, 0.6) is 0 Å². The zero-order valence-electron chi connectivity index (χ0n) is 11.9. The normalized spacial score (nSPS) is 16.6. The van der Waals surface area contributed by atoms with E-state index in [9.17, 15) is 0 Å². The van der Waals surface area contributed by atoms with E-state index in [2.05, 4.69) is 60.8 Å². The van der Waals surface area contributed by atoms with E-state index in [1.807, 2.05) is 0 Å². The number of likely N-dealkylation sites (N-methyl/N-ethyl adjacent to an activating group) is 1. The van der Waals surface area contributed by atoms with Crippen LogP contribution in [0.15, 0.2) is 54.3 Å². The summed E-state index contributed by atoms with van der Waals surface area (Å²) in [5, 5.41) is 6.15. The van der Waals surface area contributed by atoms with Crippen molar-refractivity contribution in [2.45, 2.75) is 25.8 Å². The number of hydrogen-bond donors (Lipinski definition) is 1. The van der Waals surface area contributed by atoms with Gasteiger partial charge in [-0.2, -0.15) is 0 Å². The molecule has 1 atom stereocenters. The first-order valence-electron chi connectivity index (χ1n) is 7.44. The molecule has 1 N–H and O–H groups in total. The van der Waals surface area contributed by atoms with Gasteiger partial charge in [-0.3, -0.25) is 0 Å². The van der Waals surface area contributed by atoms with E-state index < -0.39 is 0 Å². The Bertz CT molecular complexity index is 612. The maximum atomic E-state index is 5.89. The Morgan fingerprint density at radius 2 is 2.00 bits per heavy atom.